The standard InChI is InChI=1S/C14H20F2O2/c1-4-5-10(2)8-18-9-11-6-7-12(17-3)14(16)13(11)15/h6-7,10H,4-5,8-9H2,1-3H3. The Morgan fingerprint density at radius 2 is 1.94 bits per heavy atom. The molecule has 4 heteroatoms. The molecule has 0 saturated heterocycles. The van der Waals surface area contributed by atoms with E-state index in [0.29, 0.717) is 12.5 Å². The average molecular weight is 258 g/mol. The second-order valence-corrected chi connectivity index (χ2v) is 4.46. The van der Waals surface area contributed by atoms with E-state index in [1.54, 1.807) is 0 Å². The van der Waals surface area contributed by atoms with Crippen LogP contribution in [0.25, 0.3) is 0 Å². The first-order valence-corrected chi connectivity index (χ1v) is 6.18. The van der Waals surface area contributed by atoms with Crippen LogP contribution in [0.3, 0.4) is 0 Å². The number of rotatable bonds is 7. The minimum Gasteiger partial charge on any atom is -0.494 e. The van der Waals surface area contributed by atoms with Crippen molar-refractivity contribution in [1.82, 2.24) is 0 Å². The Morgan fingerprint density at radius 1 is 1.22 bits per heavy atom. The molecule has 2 nitrogen and oxygen atoms in total. The highest BCUT2D eigenvalue weighted by Crippen LogP contribution is 2.23. The summed E-state index contributed by atoms with van der Waals surface area (Å²) in [6, 6.07) is 2.90. The minimum atomic E-state index is -0.958. The molecule has 0 aliphatic heterocycles. The van der Waals surface area contributed by atoms with Gasteiger partial charge in [0, 0.05) is 12.2 Å². The number of halogens is 2. The number of methoxy groups -OCH3 is 1. The lowest BCUT2D eigenvalue weighted by molar-refractivity contribution is 0.0869. The molecule has 0 heterocycles. The van der Waals surface area contributed by atoms with Crippen LogP contribution in [0.5, 0.6) is 5.75 Å². The molecule has 1 atom stereocenters. The zero-order valence-electron chi connectivity index (χ0n) is 11.1. The van der Waals surface area contributed by atoms with Crippen LogP contribution in [0.4, 0.5) is 8.78 Å². The number of benzene rings is 1. The van der Waals surface area contributed by atoms with Gasteiger partial charge in [-0.3, -0.25) is 0 Å². The molecule has 0 aliphatic rings. The van der Waals surface area contributed by atoms with Crippen molar-refractivity contribution in [3.8, 4) is 5.75 Å². The van der Waals surface area contributed by atoms with Crippen molar-refractivity contribution in [1.29, 1.82) is 0 Å². The summed E-state index contributed by atoms with van der Waals surface area (Å²) in [6.07, 6.45) is 2.16. The summed E-state index contributed by atoms with van der Waals surface area (Å²) in [5.74, 6) is -1.51. The quantitative estimate of drug-likeness (QED) is 0.737. The second kappa shape index (κ2) is 7.31. The maximum Gasteiger partial charge on any atom is 0.200 e. The van der Waals surface area contributed by atoms with E-state index >= 15 is 0 Å². The van der Waals surface area contributed by atoms with Crippen molar-refractivity contribution in [3.63, 3.8) is 0 Å². The Labute approximate surface area is 107 Å². The van der Waals surface area contributed by atoms with Crippen molar-refractivity contribution >= 4 is 0 Å². The molecular weight excluding hydrogens is 238 g/mol. The van der Waals surface area contributed by atoms with Gasteiger partial charge in [-0.15, -0.1) is 0 Å². The molecule has 0 aliphatic carbocycles. The lowest BCUT2D eigenvalue weighted by Gasteiger charge is -2.12. The van der Waals surface area contributed by atoms with Crippen LogP contribution in [-0.2, 0) is 11.3 Å². The first-order chi connectivity index (χ1) is 8.60. The Morgan fingerprint density at radius 3 is 2.56 bits per heavy atom. The van der Waals surface area contributed by atoms with Gasteiger partial charge >= 0.3 is 0 Å². The van der Waals surface area contributed by atoms with Gasteiger partial charge < -0.3 is 9.47 Å². The molecule has 0 bridgehead atoms. The maximum atomic E-state index is 13.6. The van der Waals surface area contributed by atoms with E-state index in [2.05, 4.69) is 13.8 Å². The molecule has 1 aromatic carbocycles. The van der Waals surface area contributed by atoms with Crippen molar-refractivity contribution in [3.05, 3.63) is 29.3 Å². The van der Waals surface area contributed by atoms with E-state index in [-0.39, 0.29) is 17.9 Å². The molecule has 18 heavy (non-hydrogen) atoms. The van der Waals surface area contributed by atoms with Crippen LogP contribution in [0.1, 0.15) is 32.3 Å². The summed E-state index contributed by atoms with van der Waals surface area (Å²) in [5, 5.41) is 0. The lowest BCUT2D eigenvalue weighted by atomic mass is 10.1. The minimum absolute atomic E-state index is 0.0841. The Kier molecular flexibility index (Phi) is 6.05. The first kappa shape index (κ1) is 14.9. The molecule has 0 fully saturated rings. The van der Waals surface area contributed by atoms with Crippen molar-refractivity contribution < 1.29 is 18.3 Å². The maximum absolute atomic E-state index is 13.6. The van der Waals surface area contributed by atoms with Crippen LogP contribution < -0.4 is 4.74 Å². The van der Waals surface area contributed by atoms with Crippen molar-refractivity contribution in [2.24, 2.45) is 5.92 Å². The van der Waals surface area contributed by atoms with Crippen LogP contribution in [0.2, 0.25) is 0 Å². The van der Waals surface area contributed by atoms with Gasteiger partial charge in [0.2, 0.25) is 5.82 Å². The molecule has 1 rings (SSSR count). The van der Waals surface area contributed by atoms with Gasteiger partial charge in [0.15, 0.2) is 11.6 Å². The predicted octanol–water partition coefficient (Wildman–Crippen LogP) is 3.93. The fourth-order valence-electron chi connectivity index (χ4n) is 1.79. The topological polar surface area (TPSA) is 18.5 Å². The van der Waals surface area contributed by atoms with Crippen molar-refractivity contribution in [2.45, 2.75) is 33.3 Å². The van der Waals surface area contributed by atoms with E-state index < -0.39 is 11.6 Å². The fraction of sp³-hybridized carbons (Fsp3) is 0.571. The monoisotopic (exact) mass is 258 g/mol. The lowest BCUT2D eigenvalue weighted by Crippen LogP contribution is -2.07. The van der Waals surface area contributed by atoms with Crippen LogP contribution in [0.15, 0.2) is 12.1 Å². The highest BCUT2D eigenvalue weighted by molar-refractivity contribution is 5.30. The van der Waals surface area contributed by atoms with E-state index in [0.717, 1.165) is 12.8 Å². The summed E-state index contributed by atoms with van der Waals surface area (Å²) in [6.45, 7) is 4.82. The molecule has 1 unspecified atom stereocenters. The second-order valence-electron chi connectivity index (χ2n) is 4.46. The zero-order chi connectivity index (χ0) is 13.5. The summed E-state index contributed by atoms with van der Waals surface area (Å²) in [7, 11) is 1.31. The van der Waals surface area contributed by atoms with Gasteiger partial charge in [-0.25, -0.2) is 4.39 Å². The fourth-order valence-corrected chi connectivity index (χ4v) is 1.79. The average Bonchev–Trinajstić information content (AvgIpc) is 2.35. The third kappa shape index (κ3) is 3.95. The molecule has 0 radical (unpaired) electrons. The molecule has 0 N–H and O–H groups in total. The summed E-state index contributed by atoms with van der Waals surface area (Å²) in [5.41, 5.74) is 0.219. The summed E-state index contributed by atoms with van der Waals surface area (Å²) >= 11 is 0. The van der Waals surface area contributed by atoms with Gasteiger partial charge in [-0.1, -0.05) is 20.3 Å². The van der Waals surface area contributed by atoms with Gasteiger partial charge in [0.25, 0.3) is 0 Å². The van der Waals surface area contributed by atoms with Crippen LogP contribution >= 0.6 is 0 Å². The number of ether oxygens (including phenoxy) is 2. The van der Waals surface area contributed by atoms with E-state index in [4.69, 9.17) is 9.47 Å². The smallest absolute Gasteiger partial charge is 0.200 e. The van der Waals surface area contributed by atoms with Gasteiger partial charge in [-0.2, -0.15) is 4.39 Å². The van der Waals surface area contributed by atoms with E-state index in [9.17, 15) is 8.78 Å². The Hall–Kier alpha value is -1.16. The first-order valence-electron chi connectivity index (χ1n) is 6.18. The zero-order valence-corrected chi connectivity index (χ0v) is 11.1. The predicted molar refractivity (Wildman–Crippen MR) is 66.6 cm³/mol. The molecule has 0 amide bonds. The van der Waals surface area contributed by atoms with Crippen LogP contribution in [0, 0.1) is 17.6 Å². The van der Waals surface area contributed by atoms with E-state index in [1.807, 2.05) is 0 Å². The third-order valence-electron chi connectivity index (χ3n) is 2.79. The number of hydrogen-bond donors (Lipinski definition) is 0. The molecule has 0 aromatic heterocycles. The van der Waals surface area contributed by atoms with Crippen molar-refractivity contribution in [2.75, 3.05) is 13.7 Å². The van der Waals surface area contributed by atoms with Crippen LogP contribution in [-0.4, -0.2) is 13.7 Å². The van der Waals surface area contributed by atoms with Gasteiger partial charge in [0.1, 0.15) is 0 Å². The molecular formula is C14H20F2O2. The molecule has 102 valence electrons. The Bertz CT molecular complexity index is 380. The SMILES string of the molecule is CCCC(C)COCc1ccc(OC)c(F)c1F. The summed E-state index contributed by atoms with van der Waals surface area (Å²) in [4.78, 5) is 0. The Balaban J connectivity index is 2.55. The number of hydrogen-bond acceptors (Lipinski definition) is 2. The van der Waals surface area contributed by atoms with E-state index in [1.165, 1.54) is 19.2 Å². The molecule has 0 spiro atoms. The molecule has 0 saturated carbocycles. The normalized spacial score (nSPS) is 12.5. The van der Waals surface area contributed by atoms with Gasteiger partial charge in [-0.05, 0) is 24.5 Å². The summed E-state index contributed by atoms with van der Waals surface area (Å²) < 4.78 is 37.1. The highest BCUT2D eigenvalue weighted by atomic mass is 19.2. The largest absolute Gasteiger partial charge is 0.494 e. The highest BCUT2D eigenvalue weighted by Gasteiger charge is 2.14. The van der Waals surface area contributed by atoms with Gasteiger partial charge in [0.05, 0.1) is 13.7 Å². The third-order valence-corrected chi connectivity index (χ3v) is 2.79. The molecule has 1 aromatic rings.